The summed E-state index contributed by atoms with van der Waals surface area (Å²) in [7, 11) is 0. The van der Waals surface area contributed by atoms with E-state index in [4.69, 9.17) is 0 Å². The van der Waals surface area contributed by atoms with Gasteiger partial charge in [-0.25, -0.2) is 8.78 Å². The van der Waals surface area contributed by atoms with E-state index in [2.05, 4.69) is 21.2 Å². The molecule has 2 rings (SSSR count). The number of benzene rings is 2. The number of anilines is 1. The largest absolute Gasteiger partial charge is 0.375 e. The molecular formula is C13H9BrF2N2O2. The second-order valence-corrected chi connectivity index (χ2v) is 4.86. The first kappa shape index (κ1) is 14.4. The molecule has 0 amide bonds. The summed E-state index contributed by atoms with van der Waals surface area (Å²) in [4.78, 5) is 10.2. The van der Waals surface area contributed by atoms with Crippen LogP contribution in [0.4, 0.5) is 20.2 Å². The Kier molecular flexibility index (Phi) is 4.29. The summed E-state index contributed by atoms with van der Waals surface area (Å²) in [5.74, 6) is -1.09. The molecule has 0 heterocycles. The Morgan fingerprint density at radius 3 is 2.50 bits per heavy atom. The molecule has 0 radical (unpaired) electrons. The molecule has 1 N–H and O–H groups in total. The lowest BCUT2D eigenvalue weighted by atomic mass is 10.2. The molecular weight excluding hydrogens is 334 g/mol. The predicted molar refractivity (Wildman–Crippen MR) is 74.5 cm³/mol. The molecule has 0 unspecified atom stereocenters. The summed E-state index contributed by atoms with van der Waals surface area (Å²) < 4.78 is 26.8. The van der Waals surface area contributed by atoms with Gasteiger partial charge in [0.2, 0.25) is 0 Å². The van der Waals surface area contributed by atoms with Gasteiger partial charge in [-0.15, -0.1) is 0 Å². The highest BCUT2D eigenvalue weighted by Gasteiger charge is 2.15. The van der Waals surface area contributed by atoms with Crippen molar-refractivity contribution in [1.29, 1.82) is 0 Å². The van der Waals surface area contributed by atoms with Crippen LogP contribution < -0.4 is 5.32 Å². The zero-order valence-electron chi connectivity index (χ0n) is 10.1. The Morgan fingerprint density at radius 1 is 1.15 bits per heavy atom. The minimum absolute atomic E-state index is 0.171. The molecule has 0 saturated heterocycles. The average Bonchev–Trinajstić information content (AvgIpc) is 2.40. The molecule has 0 aliphatic heterocycles. The van der Waals surface area contributed by atoms with Crippen molar-refractivity contribution in [2.75, 3.05) is 5.32 Å². The molecule has 2 aromatic carbocycles. The van der Waals surface area contributed by atoms with Crippen LogP contribution >= 0.6 is 15.9 Å². The van der Waals surface area contributed by atoms with Gasteiger partial charge in [0.05, 0.1) is 11.0 Å². The van der Waals surface area contributed by atoms with Gasteiger partial charge in [-0.1, -0.05) is 15.9 Å². The number of nitro groups is 1. The lowest BCUT2D eigenvalue weighted by Gasteiger charge is -2.09. The number of nitro benzene ring substituents is 1. The molecule has 0 bridgehead atoms. The number of hydrogen-bond donors (Lipinski definition) is 1. The van der Waals surface area contributed by atoms with Crippen LogP contribution in [0.1, 0.15) is 5.56 Å². The van der Waals surface area contributed by atoms with E-state index in [9.17, 15) is 18.9 Å². The van der Waals surface area contributed by atoms with Crippen molar-refractivity contribution in [3.05, 3.63) is 68.2 Å². The number of nitrogens with zero attached hydrogens (tertiary/aromatic N) is 1. The van der Waals surface area contributed by atoms with E-state index in [-0.39, 0.29) is 17.9 Å². The highest BCUT2D eigenvalue weighted by Crippen LogP contribution is 2.26. The van der Waals surface area contributed by atoms with E-state index >= 15 is 0 Å². The summed E-state index contributed by atoms with van der Waals surface area (Å²) in [5.41, 5.74) is 0.411. The first-order valence-electron chi connectivity index (χ1n) is 5.59. The molecule has 0 spiro atoms. The van der Waals surface area contributed by atoms with Gasteiger partial charge in [0.25, 0.3) is 5.69 Å². The molecule has 0 atom stereocenters. The number of halogens is 3. The normalized spacial score (nSPS) is 10.3. The van der Waals surface area contributed by atoms with Gasteiger partial charge < -0.3 is 5.32 Å². The van der Waals surface area contributed by atoms with Crippen LogP contribution in [0, 0.1) is 21.7 Å². The van der Waals surface area contributed by atoms with Crippen molar-refractivity contribution in [1.82, 2.24) is 0 Å². The Hall–Kier alpha value is -2.02. The van der Waals surface area contributed by atoms with Crippen molar-refractivity contribution in [2.24, 2.45) is 0 Å². The van der Waals surface area contributed by atoms with Gasteiger partial charge in [-0.2, -0.15) is 0 Å². The Morgan fingerprint density at radius 2 is 1.80 bits per heavy atom. The molecule has 0 saturated carbocycles. The van der Waals surface area contributed by atoms with E-state index in [1.807, 2.05) is 0 Å². The second kappa shape index (κ2) is 5.96. The van der Waals surface area contributed by atoms with Crippen LogP contribution in [0.15, 0.2) is 40.9 Å². The molecule has 2 aromatic rings. The lowest BCUT2D eigenvalue weighted by Crippen LogP contribution is -2.04. The molecule has 0 aliphatic carbocycles. The zero-order valence-corrected chi connectivity index (χ0v) is 11.7. The van der Waals surface area contributed by atoms with Crippen molar-refractivity contribution < 1.29 is 13.7 Å². The maximum atomic E-state index is 13.1. The van der Waals surface area contributed by atoms with Crippen LogP contribution in [0.3, 0.4) is 0 Å². The summed E-state index contributed by atoms with van der Waals surface area (Å²) in [6, 6.07) is 7.39. The molecule has 4 nitrogen and oxygen atoms in total. The van der Waals surface area contributed by atoms with E-state index in [1.165, 1.54) is 18.2 Å². The summed E-state index contributed by atoms with van der Waals surface area (Å²) >= 11 is 3.26. The van der Waals surface area contributed by atoms with E-state index in [1.54, 1.807) is 6.07 Å². The van der Waals surface area contributed by atoms with Crippen LogP contribution in [0.2, 0.25) is 0 Å². The molecule has 0 aromatic heterocycles. The van der Waals surface area contributed by atoms with Gasteiger partial charge in [0.15, 0.2) is 0 Å². The molecule has 7 heteroatoms. The number of rotatable bonds is 4. The minimum Gasteiger partial charge on any atom is -0.375 e. The van der Waals surface area contributed by atoms with Crippen LogP contribution in [-0.2, 0) is 6.54 Å². The maximum absolute atomic E-state index is 13.1. The van der Waals surface area contributed by atoms with Crippen LogP contribution in [-0.4, -0.2) is 4.92 Å². The standard InChI is InChI=1S/C13H9BrF2N2O2/c14-11-3-1-9(15)5-8(11)7-17-12-4-2-10(16)6-13(12)18(19)20/h1-6,17H,7H2. The maximum Gasteiger partial charge on any atom is 0.295 e. The van der Waals surface area contributed by atoms with Crippen LogP contribution in [0.5, 0.6) is 0 Å². The van der Waals surface area contributed by atoms with E-state index < -0.39 is 16.6 Å². The van der Waals surface area contributed by atoms with Crippen LogP contribution in [0.25, 0.3) is 0 Å². The highest BCUT2D eigenvalue weighted by molar-refractivity contribution is 9.10. The van der Waals surface area contributed by atoms with E-state index in [0.29, 0.717) is 10.0 Å². The molecule has 0 aliphatic rings. The topological polar surface area (TPSA) is 55.2 Å². The molecule has 0 fully saturated rings. The molecule has 104 valence electrons. The van der Waals surface area contributed by atoms with Crippen molar-refractivity contribution in [2.45, 2.75) is 6.54 Å². The number of hydrogen-bond acceptors (Lipinski definition) is 3. The third-order valence-corrected chi connectivity index (χ3v) is 3.41. The minimum atomic E-state index is -0.686. The summed E-state index contributed by atoms with van der Waals surface area (Å²) in [6.07, 6.45) is 0. The number of nitrogens with one attached hydrogen (secondary N) is 1. The monoisotopic (exact) mass is 342 g/mol. The summed E-state index contributed by atoms with van der Waals surface area (Å²) in [5, 5.41) is 13.6. The smallest absolute Gasteiger partial charge is 0.295 e. The van der Waals surface area contributed by atoms with Crippen molar-refractivity contribution >= 4 is 27.3 Å². The Labute approximate surface area is 121 Å². The first-order chi connectivity index (χ1) is 9.47. The Balaban J connectivity index is 2.23. The first-order valence-corrected chi connectivity index (χ1v) is 6.38. The zero-order chi connectivity index (χ0) is 14.7. The molecule has 20 heavy (non-hydrogen) atoms. The predicted octanol–water partition coefficient (Wildman–Crippen LogP) is 4.25. The quantitative estimate of drug-likeness (QED) is 0.667. The fraction of sp³-hybridized carbons (Fsp3) is 0.0769. The van der Waals surface area contributed by atoms with Crippen molar-refractivity contribution in [3.8, 4) is 0 Å². The van der Waals surface area contributed by atoms with Crippen molar-refractivity contribution in [3.63, 3.8) is 0 Å². The Bertz CT molecular complexity index is 665. The SMILES string of the molecule is O=[N+]([O-])c1cc(F)ccc1NCc1cc(F)ccc1Br. The van der Waals surface area contributed by atoms with Gasteiger partial charge in [0, 0.05) is 11.0 Å². The van der Waals surface area contributed by atoms with Gasteiger partial charge in [0.1, 0.15) is 17.3 Å². The van der Waals surface area contributed by atoms with Gasteiger partial charge >= 0.3 is 0 Å². The fourth-order valence-electron chi connectivity index (χ4n) is 1.67. The average molecular weight is 343 g/mol. The highest BCUT2D eigenvalue weighted by atomic mass is 79.9. The fourth-order valence-corrected chi connectivity index (χ4v) is 2.06. The van der Waals surface area contributed by atoms with E-state index in [0.717, 1.165) is 12.1 Å². The summed E-state index contributed by atoms with van der Waals surface area (Å²) in [6.45, 7) is 0.171. The van der Waals surface area contributed by atoms with Gasteiger partial charge in [-0.05, 0) is 35.9 Å². The van der Waals surface area contributed by atoms with Gasteiger partial charge in [-0.3, -0.25) is 10.1 Å². The second-order valence-electron chi connectivity index (χ2n) is 4.01. The third kappa shape index (κ3) is 3.30. The third-order valence-electron chi connectivity index (χ3n) is 2.63. The lowest BCUT2D eigenvalue weighted by molar-refractivity contribution is -0.384.